The van der Waals surface area contributed by atoms with Gasteiger partial charge in [0.15, 0.2) is 11.6 Å². The summed E-state index contributed by atoms with van der Waals surface area (Å²) in [6.45, 7) is 2.63. The van der Waals surface area contributed by atoms with Crippen molar-refractivity contribution in [3.8, 4) is 6.07 Å². The molecule has 0 bridgehead atoms. The van der Waals surface area contributed by atoms with Crippen LogP contribution in [0.3, 0.4) is 0 Å². The number of aromatic nitrogens is 5. The molecule has 0 amide bonds. The smallest absolute Gasteiger partial charge is 0.209 e. The summed E-state index contributed by atoms with van der Waals surface area (Å²) in [6, 6.07) is 9.53. The van der Waals surface area contributed by atoms with Crippen LogP contribution in [0, 0.1) is 24.2 Å². The third-order valence-corrected chi connectivity index (χ3v) is 5.19. The summed E-state index contributed by atoms with van der Waals surface area (Å²) >= 11 is 0. The van der Waals surface area contributed by atoms with Crippen LogP contribution >= 0.6 is 0 Å². The average Bonchev–Trinajstić information content (AvgIpc) is 3.37. The van der Waals surface area contributed by atoms with Crippen LogP contribution in [-0.2, 0) is 6.54 Å². The minimum Gasteiger partial charge on any atom is -0.340 e. The third kappa shape index (κ3) is 2.88. The molecule has 1 N–H and O–H groups in total. The lowest BCUT2D eigenvalue weighted by atomic mass is 10.0. The number of nitriles is 1. The van der Waals surface area contributed by atoms with E-state index in [4.69, 9.17) is 0 Å². The Morgan fingerprint density at radius 1 is 1.38 bits per heavy atom. The van der Waals surface area contributed by atoms with Crippen LogP contribution < -0.4 is 0 Å². The minimum atomic E-state index is -1.02. The van der Waals surface area contributed by atoms with Crippen LogP contribution in [0.4, 0.5) is 0 Å². The molecule has 1 fully saturated rings. The summed E-state index contributed by atoms with van der Waals surface area (Å²) in [7, 11) is 0. The number of fused-ring (bicyclic) bond motifs is 1. The van der Waals surface area contributed by atoms with Crippen molar-refractivity contribution in [2.45, 2.75) is 45.1 Å². The lowest BCUT2D eigenvalue weighted by Gasteiger charge is -2.10. The van der Waals surface area contributed by atoms with E-state index in [1.165, 1.54) is 25.7 Å². The molecule has 132 valence electrons. The van der Waals surface area contributed by atoms with Crippen molar-refractivity contribution in [3.05, 3.63) is 41.5 Å². The predicted molar refractivity (Wildman–Crippen MR) is 95.5 cm³/mol. The highest BCUT2D eigenvalue weighted by atomic mass is 16.1. The zero-order valence-electron chi connectivity index (χ0n) is 14.6. The SMILES string of the molecule is Cc1c(C(=O)[C@H](C#N)c2nc3ccccc3[nH]2)nnn1CC1CCCC1. The molecule has 1 atom stereocenters. The number of carbonyl (C=O) groups is 1. The van der Waals surface area contributed by atoms with Crippen molar-refractivity contribution in [3.63, 3.8) is 0 Å². The van der Waals surface area contributed by atoms with Crippen LogP contribution in [0.2, 0.25) is 0 Å². The van der Waals surface area contributed by atoms with Gasteiger partial charge in [-0.3, -0.25) is 4.79 Å². The zero-order valence-corrected chi connectivity index (χ0v) is 14.6. The fourth-order valence-electron chi connectivity index (χ4n) is 3.69. The molecule has 1 aromatic carbocycles. The van der Waals surface area contributed by atoms with Crippen molar-refractivity contribution in [2.24, 2.45) is 5.92 Å². The highest BCUT2D eigenvalue weighted by Gasteiger charge is 2.30. The van der Waals surface area contributed by atoms with Gasteiger partial charge >= 0.3 is 0 Å². The molecule has 0 unspecified atom stereocenters. The molecule has 1 aliphatic carbocycles. The molecule has 0 radical (unpaired) electrons. The van der Waals surface area contributed by atoms with Crippen LogP contribution in [0.5, 0.6) is 0 Å². The molecule has 7 nitrogen and oxygen atoms in total. The molecule has 7 heteroatoms. The summed E-state index contributed by atoms with van der Waals surface area (Å²) in [5, 5.41) is 17.8. The van der Waals surface area contributed by atoms with Gasteiger partial charge in [-0.05, 0) is 37.8 Å². The lowest BCUT2D eigenvalue weighted by Crippen LogP contribution is -2.15. The van der Waals surface area contributed by atoms with Gasteiger partial charge in [0.25, 0.3) is 0 Å². The van der Waals surface area contributed by atoms with E-state index in [0.717, 1.165) is 23.3 Å². The van der Waals surface area contributed by atoms with Crippen molar-refractivity contribution in [1.29, 1.82) is 5.26 Å². The van der Waals surface area contributed by atoms with E-state index >= 15 is 0 Å². The first-order valence-corrected chi connectivity index (χ1v) is 8.96. The normalized spacial score (nSPS) is 16.0. The molecule has 3 aromatic rings. The maximum Gasteiger partial charge on any atom is 0.209 e. The number of para-hydroxylation sites is 2. The highest BCUT2D eigenvalue weighted by Crippen LogP contribution is 2.27. The number of nitrogens with zero attached hydrogens (tertiary/aromatic N) is 5. The van der Waals surface area contributed by atoms with E-state index in [1.54, 1.807) is 4.68 Å². The number of imidazole rings is 1. The van der Waals surface area contributed by atoms with Gasteiger partial charge in [0.1, 0.15) is 5.82 Å². The molecule has 26 heavy (non-hydrogen) atoms. The van der Waals surface area contributed by atoms with Gasteiger partial charge in [-0.1, -0.05) is 30.2 Å². The van der Waals surface area contributed by atoms with E-state index in [0.29, 0.717) is 11.7 Å². The fraction of sp³-hybridized carbons (Fsp3) is 0.421. The van der Waals surface area contributed by atoms with Crippen molar-refractivity contribution < 1.29 is 4.79 Å². The van der Waals surface area contributed by atoms with E-state index in [1.807, 2.05) is 31.2 Å². The van der Waals surface area contributed by atoms with Gasteiger partial charge in [-0.15, -0.1) is 5.10 Å². The molecular formula is C19H20N6O. The largest absolute Gasteiger partial charge is 0.340 e. The summed E-state index contributed by atoms with van der Waals surface area (Å²) in [5.41, 5.74) is 2.52. The van der Waals surface area contributed by atoms with Crippen LogP contribution in [-0.4, -0.2) is 30.7 Å². The van der Waals surface area contributed by atoms with Gasteiger partial charge in [0.2, 0.25) is 5.78 Å². The Kier molecular flexibility index (Phi) is 4.25. The Bertz CT molecular complexity index is 956. The van der Waals surface area contributed by atoms with Crippen molar-refractivity contribution >= 4 is 16.8 Å². The summed E-state index contributed by atoms with van der Waals surface area (Å²) in [6.07, 6.45) is 4.91. The number of Topliss-reactive ketones (excluding diaryl/α,β-unsaturated/α-hetero) is 1. The van der Waals surface area contributed by atoms with E-state index in [9.17, 15) is 10.1 Å². The Labute approximate surface area is 151 Å². The molecular weight excluding hydrogens is 328 g/mol. The number of hydrogen-bond acceptors (Lipinski definition) is 5. The van der Waals surface area contributed by atoms with Crippen LogP contribution in [0.25, 0.3) is 11.0 Å². The van der Waals surface area contributed by atoms with Crippen LogP contribution in [0.1, 0.15) is 53.6 Å². The quantitative estimate of drug-likeness (QED) is 0.714. The Morgan fingerprint density at radius 2 is 2.15 bits per heavy atom. The molecule has 0 aliphatic heterocycles. The number of aromatic amines is 1. The first-order chi connectivity index (χ1) is 12.7. The first-order valence-electron chi connectivity index (χ1n) is 8.96. The first kappa shape index (κ1) is 16.5. The van der Waals surface area contributed by atoms with Gasteiger partial charge in [0, 0.05) is 6.54 Å². The summed E-state index contributed by atoms with van der Waals surface area (Å²) < 4.78 is 1.80. The summed E-state index contributed by atoms with van der Waals surface area (Å²) in [5.74, 6) is -0.427. The summed E-state index contributed by atoms with van der Waals surface area (Å²) in [4.78, 5) is 20.4. The maximum absolute atomic E-state index is 12.9. The second kappa shape index (κ2) is 6.71. The zero-order chi connectivity index (χ0) is 18.1. The van der Waals surface area contributed by atoms with Gasteiger partial charge in [-0.2, -0.15) is 5.26 Å². The lowest BCUT2D eigenvalue weighted by molar-refractivity contribution is 0.0971. The van der Waals surface area contributed by atoms with E-state index in [-0.39, 0.29) is 11.5 Å². The molecule has 1 aliphatic rings. The van der Waals surface area contributed by atoms with E-state index < -0.39 is 5.92 Å². The number of ketones is 1. The topological polar surface area (TPSA) is 100 Å². The average molecular weight is 348 g/mol. The molecule has 4 rings (SSSR count). The number of benzene rings is 1. The second-order valence-electron chi connectivity index (χ2n) is 6.92. The van der Waals surface area contributed by atoms with Gasteiger partial charge in [-0.25, -0.2) is 9.67 Å². The van der Waals surface area contributed by atoms with E-state index in [2.05, 4.69) is 26.3 Å². The Hall–Kier alpha value is -3.01. The minimum absolute atomic E-state index is 0.259. The van der Waals surface area contributed by atoms with Crippen molar-refractivity contribution in [1.82, 2.24) is 25.0 Å². The highest BCUT2D eigenvalue weighted by molar-refractivity contribution is 6.01. The number of hydrogen-bond donors (Lipinski definition) is 1. The van der Waals surface area contributed by atoms with Gasteiger partial charge in [0.05, 0.1) is 22.8 Å². The Morgan fingerprint density at radius 3 is 2.88 bits per heavy atom. The molecule has 2 heterocycles. The number of H-pyrrole nitrogens is 1. The molecule has 2 aromatic heterocycles. The van der Waals surface area contributed by atoms with Crippen molar-refractivity contribution in [2.75, 3.05) is 0 Å². The van der Waals surface area contributed by atoms with Gasteiger partial charge < -0.3 is 4.98 Å². The predicted octanol–water partition coefficient (Wildman–Crippen LogP) is 3.14. The number of rotatable bonds is 5. The monoisotopic (exact) mass is 348 g/mol. The molecule has 1 saturated carbocycles. The molecule has 0 spiro atoms. The third-order valence-electron chi connectivity index (χ3n) is 5.19. The number of nitrogens with one attached hydrogen (secondary N) is 1. The maximum atomic E-state index is 12.9. The Balaban J connectivity index is 1.61. The standard InChI is InChI=1S/C19H20N6O/c1-12-17(23-24-25(12)11-13-6-2-3-7-13)18(26)14(10-20)19-21-15-8-4-5-9-16(15)22-19/h4-5,8-9,13-14H,2-3,6-7,11H2,1H3,(H,21,22)/t14-/m0/s1. The van der Waals surface area contributed by atoms with Crippen LogP contribution in [0.15, 0.2) is 24.3 Å². The molecule has 0 saturated heterocycles. The number of carbonyl (C=O) groups excluding carboxylic acids is 1. The fourth-order valence-corrected chi connectivity index (χ4v) is 3.69. The second-order valence-corrected chi connectivity index (χ2v) is 6.92.